The summed E-state index contributed by atoms with van der Waals surface area (Å²) >= 11 is 0. The van der Waals surface area contributed by atoms with E-state index in [1.807, 2.05) is 31.2 Å². The normalized spacial score (nSPS) is 11.8. The summed E-state index contributed by atoms with van der Waals surface area (Å²) in [7, 11) is 0. The van der Waals surface area contributed by atoms with Crippen molar-refractivity contribution in [1.82, 2.24) is 5.32 Å². The van der Waals surface area contributed by atoms with Gasteiger partial charge in [-0.25, -0.2) is 0 Å². The molecule has 0 unspecified atom stereocenters. The minimum absolute atomic E-state index is 0.0417. The van der Waals surface area contributed by atoms with Gasteiger partial charge in [-0.05, 0) is 11.1 Å². The lowest BCUT2D eigenvalue weighted by Gasteiger charge is -2.24. The van der Waals surface area contributed by atoms with E-state index in [2.05, 4.69) is 5.32 Å². The Morgan fingerprint density at radius 3 is 2.00 bits per heavy atom. The average molecular weight is 239 g/mol. The van der Waals surface area contributed by atoms with E-state index >= 15 is 0 Å². The van der Waals surface area contributed by atoms with E-state index in [1.165, 1.54) is 0 Å². The molecule has 1 rings (SSSR count). The third-order valence-electron chi connectivity index (χ3n) is 2.85. The van der Waals surface area contributed by atoms with Gasteiger partial charge in [-0.1, -0.05) is 31.2 Å². The molecule has 4 N–H and O–H groups in total. The highest BCUT2D eigenvalue weighted by Crippen LogP contribution is 2.12. The minimum atomic E-state index is -0.481. The zero-order valence-corrected chi connectivity index (χ0v) is 10.2. The van der Waals surface area contributed by atoms with E-state index < -0.39 is 5.41 Å². The highest BCUT2D eigenvalue weighted by Gasteiger charge is 2.21. The average Bonchev–Trinajstić information content (AvgIpc) is 2.39. The lowest BCUT2D eigenvalue weighted by atomic mass is 9.93. The molecule has 0 aromatic heterocycles. The van der Waals surface area contributed by atoms with E-state index in [9.17, 15) is 0 Å². The summed E-state index contributed by atoms with van der Waals surface area (Å²) in [5, 5.41) is 30.3. The van der Waals surface area contributed by atoms with Gasteiger partial charge in [0.25, 0.3) is 0 Å². The molecular weight excluding hydrogens is 218 g/mol. The Morgan fingerprint density at radius 1 is 1.00 bits per heavy atom. The van der Waals surface area contributed by atoms with Gasteiger partial charge in [-0.2, -0.15) is 0 Å². The minimum Gasteiger partial charge on any atom is -0.396 e. The topological polar surface area (TPSA) is 72.7 Å². The fraction of sp³-hybridized carbons (Fsp3) is 0.538. The number of benzene rings is 1. The smallest absolute Gasteiger partial charge is 0.0681 e. The molecule has 0 saturated heterocycles. The van der Waals surface area contributed by atoms with Crippen LogP contribution in [-0.2, 0) is 13.2 Å². The van der Waals surface area contributed by atoms with Crippen LogP contribution in [-0.4, -0.2) is 35.1 Å². The number of rotatable bonds is 7. The quantitative estimate of drug-likeness (QED) is 0.551. The zero-order chi connectivity index (χ0) is 12.7. The molecule has 0 aliphatic carbocycles. The van der Waals surface area contributed by atoms with E-state index in [0.29, 0.717) is 13.1 Å². The van der Waals surface area contributed by atoms with Crippen LogP contribution in [0.15, 0.2) is 24.3 Å². The number of hydrogen-bond donors (Lipinski definition) is 4. The summed E-state index contributed by atoms with van der Waals surface area (Å²) < 4.78 is 0. The SMILES string of the molecule is CC(CO)(CO)CNCc1ccc(CO)cc1. The summed E-state index contributed by atoms with van der Waals surface area (Å²) in [6.45, 7) is 3.04. The highest BCUT2D eigenvalue weighted by atomic mass is 16.3. The van der Waals surface area contributed by atoms with E-state index in [0.717, 1.165) is 11.1 Å². The first-order valence-corrected chi connectivity index (χ1v) is 5.74. The van der Waals surface area contributed by atoms with Crippen LogP contribution < -0.4 is 5.32 Å². The Balaban J connectivity index is 2.40. The largest absolute Gasteiger partial charge is 0.396 e. The van der Waals surface area contributed by atoms with Crippen LogP contribution >= 0.6 is 0 Å². The summed E-state index contributed by atoms with van der Waals surface area (Å²) in [6.07, 6.45) is 0. The van der Waals surface area contributed by atoms with Crippen LogP contribution in [0.4, 0.5) is 0 Å². The Morgan fingerprint density at radius 2 is 1.53 bits per heavy atom. The van der Waals surface area contributed by atoms with E-state index in [-0.39, 0.29) is 19.8 Å². The lowest BCUT2D eigenvalue weighted by Crippen LogP contribution is -2.37. The second-order valence-electron chi connectivity index (χ2n) is 4.71. The molecule has 4 heteroatoms. The molecule has 0 radical (unpaired) electrons. The van der Waals surface area contributed by atoms with Crippen LogP contribution in [0, 0.1) is 5.41 Å². The van der Waals surface area contributed by atoms with Gasteiger partial charge in [0.1, 0.15) is 0 Å². The van der Waals surface area contributed by atoms with Crippen molar-refractivity contribution in [2.75, 3.05) is 19.8 Å². The third kappa shape index (κ3) is 4.44. The molecule has 0 saturated carbocycles. The molecule has 1 aromatic rings. The van der Waals surface area contributed by atoms with Gasteiger partial charge >= 0.3 is 0 Å². The molecular formula is C13H21NO3. The molecule has 0 fully saturated rings. The van der Waals surface area contributed by atoms with Crippen molar-refractivity contribution >= 4 is 0 Å². The Bertz CT molecular complexity index is 320. The number of aliphatic hydroxyl groups is 3. The van der Waals surface area contributed by atoms with Gasteiger partial charge in [0.05, 0.1) is 19.8 Å². The maximum Gasteiger partial charge on any atom is 0.0681 e. The highest BCUT2D eigenvalue weighted by molar-refractivity contribution is 5.21. The molecule has 0 atom stereocenters. The predicted octanol–water partition coefficient (Wildman–Crippen LogP) is 0.259. The summed E-state index contributed by atoms with van der Waals surface area (Å²) in [4.78, 5) is 0. The second-order valence-corrected chi connectivity index (χ2v) is 4.71. The van der Waals surface area contributed by atoms with Crippen LogP contribution in [0.5, 0.6) is 0 Å². The van der Waals surface area contributed by atoms with Crippen molar-refractivity contribution in [2.45, 2.75) is 20.1 Å². The van der Waals surface area contributed by atoms with Crippen molar-refractivity contribution in [2.24, 2.45) is 5.41 Å². The molecule has 0 bridgehead atoms. The van der Waals surface area contributed by atoms with Crippen LogP contribution in [0.1, 0.15) is 18.1 Å². The van der Waals surface area contributed by atoms with Gasteiger partial charge in [-0.15, -0.1) is 0 Å². The molecule has 0 spiro atoms. The van der Waals surface area contributed by atoms with Crippen molar-refractivity contribution in [1.29, 1.82) is 0 Å². The van der Waals surface area contributed by atoms with Gasteiger partial charge in [-0.3, -0.25) is 0 Å². The van der Waals surface area contributed by atoms with Gasteiger partial charge in [0.15, 0.2) is 0 Å². The Hall–Kier alpha value is -0.940. The number of nitrogens with one attached hydrogen (secondary N) is 1. The predicted molar refractivity (Wildman–Crippen MR) is 66.4 cm³/mol. The van der Waals surface area contributed by atoms with E-state index in [4.69, 9.17) is 15.3 Å². The molecule has 4 nitrogen and oxygen atoms in total. The molecule has 1 aromatic carbocycles. The first-order valence-electron chi connectivity index (χ1n) is 5.74. The standard InChI is InChI=1S/C13H21NO3/c1-13(9-16,10-17)8-14-6-11-2-4-12(7-15)5-3-11/h2-5,14-17H,6-10H2,1H3. The molecule has 0 aliphatic heterocycles. The van der Waals surface area contributed by atoms with Crippen molar-refractivity contribution in [3.63, 3.8) is 0 Å². The third-order valence-corrected chi connectivity index (χ3v) is 2.85. The molecule has 0 heterocycles. The molecule has 17 heavy (non-hydrogen) atoms. The van der Waals surface area contributed by atoms with Crippen molar-refractivity contribution < 1.29 is 15.3 Å². The summed E-state index contributed by atoms with van der Waals surface area (Å²) in [5.41, 5.74) is 1.52. The van der Waals surface area contributed by atoms with Crippen LogP contribution in [0.2, 0.25) is 0 Å². The number of aliphatic hydroxyl groups excluding tert-OH is 3. The first-order chi connectivity index (χ1) is 8.13. The molecule has 96 valence electrons. The molecule has 0 amide bonds. The zero-order valence-electron chi connectivity index (χ0n) is 10.2. The summed E-state index contributed by atoms with van der Waals surface area (Å²) in [5.74, 6) is 0. The second kappa shape index (κ2) is 6.71. The Labute approximate surface area is 102 Å². The summed E-state index contributed by atoms with van der Waals surface area (Å²) in [6, 6.07) is 7.67. The van der Waals surface area contributed by atoms with E-state index in [1.54, 1.807) is 0 Å². The monoisotopic (exact) mass is 239 g/mol. The lowest BCUT2D eigenvalue weighted by molar-refractivity contribution is 0.0695. The maximum atomic E-state index is 9.12. The Kier molecular flexibility index (Phi) is 5.58. The fourth-order valence-electron chi connectivity index (χ4n) is 1.43. The van der Waals surface area contributed by atoms with Gasteiger partial charge in [0.2, 0.25) is 0 Å². The van der Waals surface area contributed by atoms with Crippen LogP contribution in [0.3, 0.4) is 0 Å². The van der Waals surface area contributed by atoms with Crippen molar-refractivity contribution in [3.05, 3.63) is 35.4 Å². The fourth-order valence-corrected chi connectivity index (χ4v) is 1.43. The van der Waals surface area contributed by atoms with Crippen molar-refractivity contribution in [3.8, 4) is 0 Å². The van der Waals surface area contributed by atoms with Gasteiger partial charge < -0.3 is 20.6 Å². The number of hydrogen-bond acceptors (Lipinski definition) is 4. The molecule has 0 aliphatic rings. The van der Waals surface area contributed by atoms with Gasteiger partial charge in [0, 0.05) is 18.5 Å². The van der Waals surface area contributed by atoms with Crippen LogP contribution in [0.25, 0.3) is 0 Å². The first kappa shape index (κ1) is 14.1. The maximum absolute atomic E-state index is 9.12.